The number of hydrogen-bond donors (Lipinski definition) is 0. The zero-order chi connectivity index (χ0) is 13.4. The summed E-state index contributed by atoms with van der Waals surface area (Å²) in [5, 5.41) is 9.67. The van der Waals surface area contributed by atoms with Gasteiger partial charge in [-0.1, -0.05) is 11.3 Å². The molecule has 0 saturated heterocycles. The van der Waals surface area contributed by atoms with Crippen LogP contribution < -0.4 is 5.69 Å². The molecule has 0 aliphatic carbocycles. The van der Waals surface area contributed by atoms with Gasteiger partial charge in [0.15, 0.2) is 17.1 Å². The normalized spacial score (nSPS) is 11.0. The summed E-state index contributed by atoms with van der Waals surface area (Å²) < 4.78 is 2.47. The van der Waals surface area contributed by atoms with Crippen molar-refractivity contribution in [3.63, 3.8) is 0 Å². The molecule has 0 radical (unpaired) electrons. The van der Waals surface area contributed by atoms with E-state index in [0.717, 1.165) is 4.88 Å². The van der Waals surface area contributed by atoms with E-state index in [4.69, 9.17) is 0 Å². The predicted molar refractivity (Wildman–Crippen MR) is 68.5 cm³/mol. The van der Waals surface area contributed by atoms with E-state index < -0.39 is 0 Å². The van der Waals surface area contributed by atoms with Crippen LogP contribution >= 0.6 is 11.3 Å². The van der Waals surface area contributed by atoms with Crippen molar-refractivity contribution in [2.75, 3.05) is 0 Å². The summed E-state index contributed by atoms with van der Waals surface area (Å²) in [4.78, 5) is 28.4. The summed E-state index contributed by atoms with van der Waals surface area (Å²) in [5.41, 5.74) is -0.00815. The quantitative estimate of drug-likeness (QED) is 0.654. The molecule has 0 amide bonds. The lowest BCUT2D eigenvalue weighted by Gasteiger charge is -2.01. The van der Waals surface area contributed by atoms with Gasteiger partial charge >= 0.3 is 5.69 Å². The predicted octanol–water partition coefficient (Wildman–Crippen LogP) is 0.598. The number of Topliss-reactive ketones (excluding diaryl/α,β-unsaturated/α-hetero) is 1. The zero-order valence-electron chi connectivity index (χ0n) is 9.98. The Kier molecular flexibility index (Phi) is 2.71. The second-order valence-electron chi connectivity index (χ2n) is 3.95. The van der Waals surface area contributed by atoms with Crippen molar-refractivity contribution in [3.8, 4) is 0 Å². The van der Waals surface area contributed by atoms with Gasteiger partial charge in [0.2, 0.25) is 0 Å². The molecule has 0 unspecified atom stereocenters. The van der Waals surface area contributed by atoms with Crippen molar-refractivity contribution in [2.24, 2.45) is 0 Å². The standard InChI is InChI=1S/C11H9N5O2S/c1-7(17)9-10-13-14-16(5-8-3-2-4-19-8)11(18)15(10)6-12-9/h2-4,6H,5H2,1H3. The Balaban J connectivity index is 2.12. The van der Waals surface area contributed by atoms with Crippen LogP contribution in [-0.2, 0) is 6.54 Å². The van der Waals surface area contributed by atoms with Crippen LogP contribution in [0.5, 0.6) is 0 Å². The maximum absolute atomic E-state index is 12.2. The van der Waals surface area contributed by atoms with Crippen molar-refractivity contribution < 1.29 is 4.79 Å². The first-order valence-corrected chi connectivity index (χ1v) is 6.39. The second-order valence-corrected chi connectivity index (χ2v) is 4.98. The van der Waals surface area contributed by atoms with Gasteiger partial charge in [0.05, 0.1) is 6.54 Å². The van der Waals surface area contributed by atoms with Crippen molar-refractivity contribution in [3.05, 3.63) is 44.9 Å². The van der Waals surface area contributed by atoms with Gasteiger partial charge in [0.1, 0.15) is 6.33 Å². The molecule has 0 fully saturated rings. The molecule has 3 aromatic heterocycles. The molecule has 0 aromatic carbocycles. The number of aromatic nitrogens is 5. The van der Waals surface area contributed by atoms with Gasteiger partial charge in [-0.25, -0.2) is 14.2 Å². The van der Waals surface area contributed by atoms with Gasteiger partial charge in [0, 0.05) is 11.8 Å². The molecule has 19 heavy (non-hydrogen) atoms. The second kappa shape index (κ2) is 4.39. The van der Waals surface area contributed by atoms with Gasteiger partial charge in [-0.2, -0.15) is 4.68 Å². The van der Waals surface area contributed by atoms with E-state index in [1.807, 2.05) is 17.5 Å². The minimum absolute atomic E-state index is 0.160. The number of thiophene rings is 1. The Labute approximate surface area is 111 Å². The maximum Gasteiger partial charge on any atom is 0.353 e. The molecule has 0 aliphatic heterocycles. The average Bonchev–Trinajstić information content (AvgIpc) is 3.01. The highest BCUT2D eigenvalue weighted by Crippen LogP contribution is 2.09. The van der Waals surface area contributed by atoms with E-state index in [9.17, 15) is 9.59 Å². The largest absolute Gasteiger partial charge is 0.353 e. The third-order valence-corrected chi connectivity index (χ3v) is 3.50. The molecule has 8 heteroatoms. The lowest BCUT2D eigenvalue weighted by atomic mass is 10.3. The van der Waals surface area contributed by atoms with E-state index in [2.05, 4.69) is 15.3 Å². The van der Waals surface area contributed by atoms with Gasteiger partial charge in [-0.3, -0.25) is 4.79 Å². The van der Waals surface area contributed by atoms with E-state index in [-0.39, 0.29) is 22.8 Å². The molecule has 0 atom stereocenters. The first kappa shape index (κ1) is 11.7. The molecule has 3 rings (SSSR count). The molecule has 0 spiro atoms. The van der Waals surface area contributed by atoms with Gasteiger partial charge in [-0.15, -0.1) is 16.4 Å². The number of ketones is 1. The monoisotopic (exact) mass is 275 g/mol. The Bertz CT molecular complexity index is 802. The lowest BCUT2D eigenvalue weighted by molar-refractivity contribution is 0.101. The Morgan fingerprint density at radius 1 is 1.47 bits per heavy atom. The fourth-order valence-corrected chi connectivity index (χ4v) is 2.42. The van der Waals surface area contributed by atoms with Gasteiger partial charge in [0.25, 0.3) is 0 Å². The fourth-order valence-electron chi connectivity index (χ4n) is 1.73. The van der Waals surface area contributed by atoms with Crippen LogP contribution in [0.1, 0.15) is 22.3 Å². The lowest BCUT2D eigenvalue weighted by Crippen LogP contribution is -2.30. The smallest absolute Gasteiger partial charge is 0.293 e. The van der Waals surface area contributed by atoms with Crippen molar-refractivity contribution in [1.82, 2.24) is 24.4 Å². The summed E-state index contributed by atoms with van der Waals surface area (Å²) in [6.45, 7) is 1.73. The molecule has 0 bridgehead atoms. The van der Waals surface area contributed by atoms with Crippen LogP contribution in [0.15, 0.2) is 28.6 Å². The van der Waals surface area contributed by atoms with Crippen LogP contribution in [0.4, 0.5) is 0 Å². The molecule has 3 heterocycles. The average molecular weight is 275 g/mol. The summed E-state index contributed by atoms with van der Waals surface area (Å²) in [5.74, 6) is -0.243. The number of rotatable bonds is 3. The third-order valence-electron chi connectivity index (χ3n) is 2.64. The number of nitrogens with zero attached hydrogens (tertiary/aromatic N) is 5. The number of hydrogen-bond acceptors (Lipinski definition) is 6. The Morgan fingerprint density at radius 2 is 2.32 bits per heavy atom. The van der Waals surface area contributed by atoms with Gasteiger partial charge in [-0.05, 0) is 11.4 Å². The first-order chi connectivity index (χ1) is 9.16. The van der Waals surface area contributed by atoms with Crippen molar-refractivity contribution >= 4 is 22.8 Å². The summed E-state index contributed by atoms with van der Waals surface area (Å²) in [6, 6.07) is 3.82. The van der Waals surface area contributed by atoms with E-state index in [1.54, 1.807) is 0 Å². The zero-order valence-corrected chi connectivity index (χ0v) is 10.8. The van der Waals surface area contributed by atoms with Crippen LogP contribution in [0.25, 0.3) is 5.65 Å². The molecular weight excluding hydrogens is 266 g/mol. The van der Waals surface area contributed by atoms with Gasteiger partial charge < -0.3 is 0 Å². The molecule has 7 nitrogen and oxygen atoms in total. The SMILES string of the molecule is CC(=O)c1ncn2c(=O)n(Cc3cccs3)nnc12. The molecule has 0 saturated carbocycles. The first-order valence-electron chi connectivity index (χ1n) is 5.51. The highest BCUT2D eigenvalue weighted by Gasteiger charge is 2.14. The number of carbonyl (C=O) groups is 1. The topological polar surface area (TPSA) is 82.2 Å². The third kappa shape index (κ3) is 1.95. The molecule has 0 N–H and O–H groups in total. The molecule has 96 valence electrons. The van der Waals surface area contributed by atoms with Crippen LogP contribution in [0.3, 0.4) is 0 Å². The van der Waals surface area contributed by atoms with E-state index in [0.29, 0.717) is 6.54 Å². The maximum atomic E-state index is 12.2. The number of fused-ring (bicyclic) bond motifs is 1. The highest BCUT2D eigenvalue weighted by atomic mass is 32.1. The summed E-state index contributed by atoms with van der Waals surface area (Å²) in [6.07, 6.45) is 1.30. The fraction of sp³-hybridized carbons (Fsp3) is 0.182. The molecular formula is C11H9N5O2S. The number of imidazole rings is 1. The van der Waals surface area contributed by atoms with E-state index >= 15 is 0 Å². The van der Waals surface area contributed by atoms with Crippen LogP contribution in [0, 0.1) is 0 Å². The molecule has 0 aliphatic rings. The van der Waals surface area contributed by atoms with Crippen molar-refractivity contribution in [2.45, 2.75) is 13.5 Å². The number of carbonyl (C=O) groups excluding carboxylic acids is 1. The Hall–Kier alpha value is -2.35. The van der Waals surface area contributed by atoms with E-state index in [1.165, 1.54) is 33.7 Å². The summed E-state index contributed by atoms with van der Waals surface area (Å²) in [7, 11) is 0. The summed E-state index contributed by atoms with van der Waals surface area (Å²) >= 11 is 1.54. The van der Waals surface area contributed by atoms with Crippen LogP contribution in [-0.4, -0.2) is 30.2 Å². The highest BCUT2D eigenvalue weighted by molar-refractivity contribution is 7.09. The Morgan fingerprint density at radius 3 is 3.00 bits per heavy atom. The minimum atomic E-state index is -0.363. The van der Waals surface area contributed by atoms with Crippen LogP contribution in [0.2, 0.25) is 0 Å². The molecule has 3 aromatic rings. The minimum Gasteiger partial charge on any atom is -0.293 e. The van der Waals surface area contributed by atoms with Crippen molar-refractivity contribution in [1.29, 1.82) is 0 Å².